The Hall–Kier alpha value is -1.38. The molecule has 0 bridgehead atoms. The molecule has 0 aromatic heterocycles. The van der Waals surface area contributed by atoms with Crippen molar-refractivity contribution in [2.24, 2.45) is 0 Å². The monoisotopic (exact) mass is 354 g/mol. The van der Waals surface area contributed by atoms with Crippen molar-refractivity contribution in [3.05, 3.63) is 71.3 Å². The van der Waals surface area contributed by atoms with Gasteiger partial charge >= 0.3 is 0 Å². The summed E-state index contributed by atoms with van der Waals surface area (Å²) in [6.45, 7) is 14.5. The van der Waals surface area contributed by atoms with E-state index in [1.807, 2.05) is 0 Å². The number of hydrogen-bond acceptors (Lipinski definition) is 1. The maximum atomic E-state index is 6.35. The lowest BCUT2D eigenvalue weighted by Crippen LogP contribution is -2.40. The fraction of sp³-hybridized carbons (Fsp3) is 0.478. The molecule has 0 saturated heterocycles. The fourth-order valence-corrected chi connectivity index (χ4v) is 3.79. The summed E-state index contributed by atoms with van der Waals surface area (Å²) >= 11 is 0. The molecule has 0 radical (unpaired) electrons. The van der Waals surface area contributed by atoms with Gasteiger partial charge in [-0.3, -0.25) is 0 Å². The zero-order valence-electron chi connectivity index (χ0n) is 16.8. The van der Waals surface area contributed by atoms with Crippen LogP contribution >= 0.6 is 0 Å². The van der Waals surface area contributed by atoms with E-state index in [1.54, 1.807) is 0 Å². The Morgan fingerprint density at radius 2 is 1.44 bits per heavy atom. The minimum absolute atomic E-state index is 0.256. The predicted molar refractivity (Wildman–Crippen MR) is 112 cm³/mol. The molecule has 2 aromatic carbocycles. The Balaban J connectivity index is 2.10. The third-order valence-corrected chi connectivity index (χ3v) is 10.0. The first kappa shape index (κ1) is 19.9. The van der Waals surface area contributed by atoms with Crippen LogP contribution in [0.2, 0.25) is 18.1 Å². The quantitative estimate of drug-likeness (QED) is 0.480. The van der Waals surface area contributed by atoms with Crippen molar-refractivity contribution in [3.63, 3.8) is 0 Å². The zero-order valence-corrected chi connectivity index (χ0v) is 17.8. The normalized spacial score (nSPS) is 13.7. The van der Waals surface area contributed by atoms with Gasteiger partial charge in [0.15, 0.2) is 8.32 Å². The van der Waals surface area contributed by atoms with E-state index in [0.717, 1.165) is 6.61 Å². The molecule has 136 valence electrons. The van der Waals surface area contributed by atoms with E-state index in [0.29, 0.717) is 5.92 Å². The molecule has 2 heteroatoms. The zero-order chi connectivity index (χ0) is 18.5. The largest absolute Gasteiger partial charge is 0.413 e. The smallest absolute Gasteiger partial charge is 0.192 e. The molecule has 0 aliphatic carbocycles. The first-order valence-electron chi connectivity index (χ1n) is 9.52. The topological polar surface area (TPSA) is 9.23 Å². The molecular formula is C23H34OSi. The van der Waals surface area contributed by atoms with Crippen LogP contribution in [-0.4, -0.2) is 8.32 Å². The highest BCUT2D eigenvalue weighted by atomic mass is 28.4. The van der Waals surface area contributed by atoms with Gasteiger partial charge in [0.2, 0.25) is 0 Å². The van der Waals surface area contributed by atoms with E-state index in [2.05, 4.69) is 95.4 Å². The summed E-state index contributed by atoms with van der Waals surface area (Å²) in [6.07, 6.45) is 2.37. The Morgan fingerprint density at radius 3 is 1.96 bits per heavy atom. The van der Waals surface area contributed by atoms with E-state index in [9.17, 15) is 0 Å². The summed E-state index contributed by atoms with van der Waals surface area (Å²) in [6, 6.07) is 19.9. The van der Waals surface area contributed by atoms with Crippen molar-refractivity contribution >= 4 is 8.32 Å². The fourth-order valence-electron chi connectivity index (χ4n) is 2.83. The van der Waals surface area contributed by atoms with E-state index in [-0.39, 0.29) is 5.04 Å². The lowest BCUT2D eigenvalue weighted by molar-refractivity contribution is 0.276. The van der Waals surface area contributed by atoms with Crippen molar-refractivity contribution in [1.29, 1.82) is 0 Å². The SMILES string of the molecule is CCCC(c1ccccc1)c1ccc(CO[Si](C)(C)C(C)(C)C)cc1. The molecule has 0 aliphatic heterocycles. The summed E-state index contributed by atoms with van der Waals surface area (Å²) in [5.74, 6) is 0.488. The van der Waals surface area contributed by atoms with Crippen LogP contribution < -0.4 is 0 Å². The molecule has 0 fully saturated rings. The third kappa shape index (κ3) is 5.29. The Labute approximate surface area is 155 Å². The van der Waals surface area contributed by atoms with E-state index in [4.69, 9.17) is 4.43 Å². The molecule has 0 spiro atoms. The van der Waals surface area contributed by atoms with Crippen molar-refractivity contribution in [2.45, 2.75) is 71.2 Å². The molecule has 2 rings (SSSR count). The van der Waals surface area contributed by atoms with Crippen LogP contribution in [0.3, 0.4) is 0 Å². The first-order chi connectivity index (χ1) is 11.7. The maximum Gasteiger partial charge on any atom is 0.192 e. The molecule has 0 N–H and O–H groups in total. The van der Waals surface area contributed by atoms with Gasteiger partial charge in [-0.25, -0.2) is 0 Å². The van der Waals surface area contributed by atoms with Crippen LogP contribution in [0.15, 0.2) is 54.6 Å². The Morgan fingerprint density at radius 1 is 0.880 bits per heavy atom. The molecule has 25 heavy (non-hydrogen) atoms. The minimum atomic E-state index is -1.69. The highest BCUT2D eigenvalue weighted by Gasteiger charge is 2.36. The molecule has 1 unspecified atom stereocenters. The van der Waals surface area contributed by atoms with Gasteiger partial charge in [-0.1, -0.05) is 88.7 Å². The molecular weight excluding hydrogens is 320 g/mol. The van der Waals surface area contributed by atoms with E-state index >= 15 is 0 Å². The highest BCUT2D eigenvalue weighted by molar-refractivity contribution is 6.74. The number of hydrogen-bond donors (Lipinski definition) is 0. The number of benzene rings is 2. The van der Waals surface area contributed by atoms with Gasteiger partial charge < -0.3 is 4.43 Å². The Kier molecular flexibility index (Phi) is 6.64. The lowest BCUT2D eigenvalue weighted by atomic mass is 9.87. The standard InChI is InChI=1S/C23H34OSi/c1-7-11-22(20-12-9-8-10-13-20)21-16-14-19(15-17-21)18-24-25(5,6)23(2,3)4/h8-10,12-17,22H,7,11,18H2,1-6H3. The molecule has 0 heterocycles. The van der Waals surface area contributed by atoms with Crippen LogP contribution in [0, 0.1) is 0 Å². The van der Waals surface area contributed by atoms with Gasteiger partial charge in [0, 0.05) is 5.92 Å². The first-order valence-corrected chi connectivity index (χ1v) is 12.4. The third-order valence-electron chi connectivity index (χ3n) is 5.57. The van der Waals surface area contributed by atoms with Crippen molar-refractivity contribution in [3.8, 4) is 0 Å². The van der Waals surface area contributed by atoms with E-state index in [1.165, 1.54) is 29.5 Å². The Bertz CT molecular complexity index is 638. The van der Waals surface area contributed by atoms with E-state index < -0.39 is 8.32 Å². The molecule has 1 nitrogen and oxygen atoms in total. The van der Waals surface area contributed by atoms with Crippen molar-refractivity contribution in [1.82, 2.24) is 0 Å². The van der Waals surface area contributed by atoms with Crippen LogP contribution in [0.1, 0.15) is 63.1 Å². The van der Waals surface area contributed by atoms with Gasteiger partial charge in [0.1, 0.15) is 0 Å². The van der Waals surface area contributed by atoms with Gasteiger partial charge in [-0.2, -0.15) is 0 Å². The van der Waals surface area contributed by atoms with Gasteiger partial charge in [0.25, 0.3) is 0 Å². The van der Waals surface area contributed by atoms with Gasteiger partial charge in [-0.05, 0) is 41.2 Å². The lowest BCUT2D eigenvalue weighted by Gasteiger charge is -2.36. The maximum absolute atomic E-state index is 6.35. The average Bonchev–Trinajstić information content (AvgIpc) is 2.58. The average molecular weight is 355 g/mol. The molecule has 0 aliphatic rings. The van der Waals surface area contributed by atoms with Crippen LogP contribution in [0.4, 0.5) is 0 Å². The van der Waals surface area contributed by atoms with Gasteiger partial charge in [-0.15, -0.1) is 0 Å². The summed E-state index contributed by atoms with van der Waals surface area (Å²) in [5, 5.41) is 0.256. The van der Waals surface area contributed by atoms with Crippen LogP contribution in [0.25, 0.3) is 0 Å². The molecule has 0 saturated carbocycles. The predicted octanol–water partition coefficient (Wildman–Crippen LogP) is 7.14. The molecule has 0 amide bonds. The highest BCUT2D eigenvalue weighted by Crippen LogP contribution is 2.37. The van der Waals surface area contributed by atoms with Crippen molar-refractivity contribution in [2.75, 3.05) is 0 Å². The second-order valence-corrected chi connectivity index (χ2v) is 13.4. The summed E-state index contributed by atoms with van der Waals surface area (Å²) in [4.78, 5) is 0. The second-order valence-electron chi connectivity index (χ2n) is 8.54. The van der Waals surface area contributed by atoms with Crippen LogP contribution in [0.5, 0.6) is 0 Å². The summed E-state index contributed by atoms with van der Waals surface area (Å²) < 4.78 is 6.35. The van der Waals surface area contributed by atoms with Gasteiger partial charge in [0.05, 0.1) is 6.61 Å². The summed E-state index contributed by atoms with van der Waals surface area (Å²) in [7, 11) is -1.69. The number of rotatable bonds is 7. The molecule has 1 atom stereocenters. The summed E-state index contributed by atoms with van der Waals surface area (Å²) in [5.41, 5.74) is 4.09. The second kappa shape index (κ2) is 8.33. The van der Waals surface area contributed by atoms with Crippen LogP contribution in [-0.2, 0) is 11.0 Å². The van der Waals surface area contributed by atoms with Crippen molar-refractivity contribution < 1.29 is 4.43 Å². The molecule has 2 aromatic rings. The minimum Gasteiger partial charge on any atom is -0.413 e.